The average molecular weight is 418 g/mol. The van der Waals surface area contributed by atoms with Crippen molar-refractivity contribution in [1.29, 1.82) is 0 Å². The fourth-order valence-corrected chi connectivity index (χ4v) is 3.47. The number of primary amides is 1. The SMILES string of the molecule is CCCCc1ccc(C(N)=O)cc1.O=C(O)N1CCCN(C(=O)CCC2CC2)CC1. The molecule has 0 spiro atoms. The van der Waals surface area contributed by atoms with Crippen LogP contribution in [-0.4, -0.2) is 59.0 Å². The van der Waals surface area contributed by atoms with Gasteiger partial charge < -0.3 is 20.6 Å². The summed E-state index contributed by atoms with van der Waals surface area (Å²) in [5.74, 6) is 0.618. The smallest absolute Gasteiger partial charge is 0.407 e. The van der Waals surface area contributed by atoms with Crippen LogP contribution in [0.25, 0.3) is 0 Å². The van der Waals surface area contributed by atoms with Gasteiger partial charge in [0.25, 0.3) is 0 Å². The number of nitrogens with zero attached hydrogens (tertiary/aromatic N) is 2. The molecule has 0 radical (unpaired) electrons. The molecule has 2 aliphatic rings. The molecule has 7 heteroatoms. The van der Waals surface area contributed by atoms with E-state index in [0.29, 0.717) is 38.2 Å². The van der Waals surface area contributed by atoms with Crippen LogP contribution >= 0.6 is 0 Å². The van der Waals surface area contributed by atoms with E-state index >= 15 is 0 Å². The highest BCUT2D eigenvalue weighted by molar-refractivity contribution is 5.92. The summed E-state index contributed by atoms with van der Waals surface area (Å²) < 4.78 is 0. The van der Waals surface area contributed by atoms with Crippen LogP contribution in [0.4, 0.5) is 4.79 Å². The number of carboxylic acid groups (broad SMARTS) is 1. The molecule has 1 saturated carbocycles. The molecule has 1 aliphatic carbocycles. The summed E-state index contributed by atoms with van der Waals surface area (Å²) in [6.45, 7) is 4.41. The van der Waals surface area contributed by atoms with Crippen LogP contribution in [0.3, 0.4) is 0 Å². The maximum Gasteiger partial charge on any atom is 0.407 e. The minimum absolute atomic E-state index is 0.198. The minimum Gasteiger partial charge on any atom is -0.465 e. The highest BCUT2D eigenvalue weighted by Gasteiger charge is 2.25. The second-order valence-corrected chi connectivity index (χ2v) is 8.15. The molecular formula is C23H35N3O4. The Morgan fingerprint density at radius 2 is 1.67 bits per heavy atom. The fraction of sp³-hybridized carbons (Fsp3) is 0.609. The zero-order valence-electron chi connectivity index (χ0n) is 18.0. The molecule has 1 aromatic carbocycles. The van der Waals surface area contributed by atoms with Gasteiger partial charge in [-0.25, -0.2) is 4.79 Å². The summed E-state index contributed by atoms with van der Waals surface area (Å²) in [5, 5.41) is 8.90. The molecule has 1 aliphatic heterocycles. The Bertz CT molecular complexity index is 701. The maximum absolute atomic E-state index is 11.9. The molecule has 0 atom stereocenters. The minimum atomic E-state index is -0.878. The molecule has 3 N–H and O–H groups in total. The quantitative estimate of drug-likeness (QED) is 0.708. The topological polar surface area (TPSA) is 104 Å². The first-order valence-corrected chi connectivity index (χ1v) is 11.0. The van der Waals surface area contributed by atoms with E-state index in [1.807, 2.05) is 17.0 Å². The molecule has 2 fully saturated rings. The first-order chi connectivity index (χ1) is 14.4. The second-order valence-electron chi connectivity index (χ2n) is 8.15. The number of carbonyl (C=O) groups excluding carboxylic acids is 2. The van der Waals surface area contributed by atoms with Gasteiger partial charge in [0.1, 0.15) is 0 Å². The van der Waals surface area contributed by atoms with E-state index in [1.54, 1.807) is 12.1 Å². The Morgan fingerprint density at radius 1 is 1.03 bits per heavy atom. The second kappa shape index (κ2) is 12.2. The van der Waals surface area contributed by atoms with Gasteiger partial charge in [-0.2, -0.15) is 0 Å². The maximum atomic E-state index is 11.9. The van der Waals surface area contributed by atoms with Crippen LogP contribution in [0.5, 0.6) is 0 Å². The highest BCUT2D eigenvalue weighted by Crippen LogP contribution is 2.33. The van der Waals surface area contributed by atoms with E-state index in [1.165, 1.54) is 36.1 Å². The van der Waals surface area contributed by atoms with E-state index < -0.39 is 6.09 Å². The number of hydrogen-bond acceptors (Lipinski definition) is 3. The molecule has 7 nitrogen and oxygen atoms in total. The average Bonchev–Trinajstić information content (AvgIpc) is 3.57. The summed E-state index contributed by atoms with van der Waals surface area (Å²) >= 11 is 0. The Labute approximate surface area is 179 Å². The molecule has 0 aromatic heterocycles. The van der Waals surface area contributed by atoms with E-state index in [0.717, 1.165) is 25.2 Å². The van der Waals surface area contributed by atoms with Gasteiger partial charge in [-0.3, -0.25) is 9.59 Å². The molecule has 3 amide bonds. The molecule has 0 bridgehead atoms. The lowest BCUT2D eigenvalue weighted by Crippen LogP contribution is -2.36. The predicted molar refractivity (Wildman–Crippen MR) is 116 cm³/mol. The number of unbranched alkanes of at least 4 members (excludes halogenated alkanes) is 1. The van der Waals surface area contributed by atoms with E-state index in [2.05, 4.69) is 6.92 Å². The summed E-state index contributed by atoms with van der Waals surface area (Å²) in [7, 11) is 0. The Morgan fingerprint density at radius 3 is 2.23 bits per heavy atom. The van der Waals surface area contributed by atoms with Gasteiger partial charge in [-0.15, -0.1) is 0 Å². The lowest BCUT2D eigenvalue weighted by molar-refractivity contribution is -0.131. The Hall–Kier alpha value is -2.57. The molecule has 3 rings (SSSR count). The van der Waals surface area contributed by atoms with Crippen LogP contribution in [0.15, 0.2) is 24.3 Å². The number of benzene rings is 1. The van der Waals surface area contributed by atoms with Crippen molar-refractivity contribution in [3.05, 3.63) is 35.4 Å². The fourth-order valence-electron chi connectivity index (χ4n) is 3.47. The van der Waals surface area contributed by atoms with Gasteiger partial charge in [-0.05, 0) is 49.3 Å². The van der Waals surface area contributed by atoms with Crippen molar-refractivity contribution in [1.82, 2.24) is 9.80 Å². The lowest BCUT2D eigenvalue weighted by atomic mass is 10.1. The van der Waals surface area contributed by atoms with Gasteiger partial charge in [0, 0.05) is 38.2 Å². The number of hydrogen-bond donors (Lipinski definition) is 2. The monoisotopic (exact) mass is 417 g/mol. The molecular weight excluding hydrogens is 382 g/mol. The van der Waals surface area contributed by atoms with Crippen LogP contribution in [-0.2, 0) is 11.2 Å². The van der Waals surface area contributed by atoms with Crippen LogP contribution < -0.4 is 5.73 Å². The zero-order valence-corrected chi connectivity index (χ0v) is 18.0. The van der Waals surface area contributed by atoms with Gasteiger partial charge in [-0.1, -0.05) is 38.3 Å². The zero-order chi connectivity index (χ0) is 21.9. The third-order valence-electron chi connectivity index (χ3n) is 5.64. The van der Waals surface area contributed by atoms with Gasteiger partial charge in [0.05, 0.1) is 0 Å². The van der Waals surface area contributed by atoms with Gasteiger partial charge >= 0.3 is 6.09 Å². The first kappa shape index (κ1) is 23.7. The van der Waals surface area contributed by atoms with Crippen LogP contribution in [0.2, 0.25) is 0 Å². The number of amides is 3. The summed E-state index contributed by atoms with van der Waals surface area (Å²) in [4.78, 5) is 36.7. The number of rotatable bonds is 7. The van der Waals surface area contributed by atoms with Gasteiger partial charge in [0.15, 0.2) is 0 Å². The number of carbonyl (C=O) groups is 3. The largest absolute Gasteiger partial charge is 0.465 e. The molecule has 30 heavy (non-hydrogen) atoms. The van der Waals surface area contributed by atoms with Crippen molar-refractivity contribution >= 4 is 17.9 Å². The van der Waals surface area contributed by atoms with Crippen LogP contribution in [0.1, 0.15) is 67.8 Å². The van der Waals surface area contributed by atoms with Crippen molar-refractivity contribution in [2.45, 2.75) is 58.3 Å². The lowest BCUT2D eigenvalue weighted by Gasteiger charge is -2.20. The molecule has 0 unspecified atom stereocenters. The van der Waals surface area contributed by atoms with Crippen molar-refractivity contribution < 1.29 is 19.5 Å². The van der Waals surface area contributed by atoms with Crippen molar-refractivity contribution in [3.63, 3.8) is 0 Å². The normalized spacial score (nSPS) is 16.3. The van der Waals surface area contributed by atoms with Crippen molar-refractivity contribution in [3.8, 4) is 0 Å². The predicted octanol–water partition coefficient (Wildman–Crippen LogP) is 3.52. The van der Waals surface area contributed by atoms with Crippen molar-refractivity contribution in [2.75, 3.05) is 26.2 Å². The van der Waals surface area contributed by atoms with Gasteiger partial charge in [0.2, 0.25) is 11.8 Å². The number of aryl methyl sites for hydroxylation is 1. The molecule has 1 aromatic rings. The Kier molecular flexibility index (Phi) is 9.64. The molecule has 1 saturated heterocycles. The summed E-state index contributed by atoms with van der Waals surface area (Å²) in [5.41, 5.74) is 6.98. The van der Waals surface area contributed by atoms with E-state index in [-0.39, 0.29) is 11.8 Å². The van der Waals surface area contributed by atoms with E-state index in [4.69, 9.17) is 10.8 Å². The third-order valence-corrected chi connectivity index (χ3v) is 5.64. The number of nitrogens with two attached hydrogens (primary N) is 1. The first-order valence-electron chi connectivity index (χ1n) is 11.0. The van der Waals surface area contributed by atoms with Crippen molar-refractivity contribution in [2.24, 2.45) is 11.7 Å². The molecule has 1 heterocycles. The summed E-state index contributed by atoms with van der Waals surface area (Å²) in [6.07, 6.45) is 7.54. The highest BCUT2D eigenvalue weighted by atomic mass is 16.4. The molecule has 166 valence electrons. The summed E-state index contributed by atoms with van der Waals surface area (Å²) in [6, 6.07) is 7.51. The Balaban J connectivity index is 0.000000222. The third kappa shape index (κ3) is 8.43. The van der Waals surface area contributed by atoms with E-state index in [9.17, 15) is 14.4 Å². The van der Waals surface area contributed by atoms with Crippen LogP contribution in [0, 0.1) is 5.92 Å². The standard InChI is InChI=1S/C12H20N2O3.C11H15NO/c15-11(5-4-10-2-3-10)13-6-1-7-14(9-8-13)12(16)17;1-2-3-4-9-5-7-10(8-6-9)11(12)13/h10H,1-9H2,(H,16,17);5-8H,2-4H2,1H3,(H2,12,13).